The summed E-state index contributed by atoms with van der Waals surface area (Å²) < 4.78 is 0. The minimum Gasteiger partial charge on any atom is -0.321 e. The van der Waals surface area contributed by atoms with E-state index in [1.54, 1.807) is 11.2 Å². The number of hydrogen-bond donors (Lipinski definition) is 0. The molecule has 0 saturated carbocycles. The van der Waals surface area contributed by atoms with Crippen molar-refractivity contribution in [3.8, 4) is 0 Å². The third-order valence-corrected chi connectivity index (χ3v) is 3.87. The van der Waals surface area contributed by atoms with E-state index in [0.717, 1.165) is 38.2 Å². The van der Waals surface area contributed by atoms with Crippen LogP contribution in [-0.4, -0.2) is 65.3 Å². The Hall–Kier alpha value is -1.95. The zero-order valence-corrected chi connectivity index (χ0v) is 11.6. The van der Waals surface area contributed by atoms with Gasteiger partial charge in [0.05, 0.1) is 6.04 Å². The van der Waals surface area contributed by atoms with E-state index in [-0.39, 0.29) is 12.1 Å². The molecule has 1 aromatic heterocycles. The molecule has 2 aliphatic heterocycles. The predicted molar refractivity (Wildman–Crippen MR) is 76.4 cm³/mol. The van der Waals surface area contributed by atoms with Crippen LogP contribution in [-0.2, 0) is 0 Å². The normalized spacial score (nSPS) is 23.4. The molecule has 6 nitrogen and oxygen atoms in total. The summed E-state index contributed by atoms with van der Waals surface area (Å²) in [6.07, 6.45) is 6.12. The number of amides is 2. The second-order valence-corrected chi connectivity index (χ2v) is 5.25. The van der Waals surface area contributed by atoms with E-state index in [0.29, 0.717) is 0 Å². The van der Waals surface area contributed by atoms with Gasteiger partial charge in [-0.25, -0.2) is 9.80 Å². The van der Waals surface area contributed by atoms with E-state index in [4.69, 9.17) is 0 Å². The van der Waals surface area contributed by atoms with Crippen LogP contribution in [0.1, 0.15) is 18.0 Å². The van der Waals surface area contributed by atoms with Crippen molar-refractivity contribution in [3.05, 3.63) is 30.1 Å². The summed E-state index contributed by atoms with van der Waals surface area (Å²) >= 11 is 0. The molecule has 20 heavy (non-hydrogen) atoms. The third kappa shape index (κ3) is 2.51. The molecule has 0 aromatic carbocycles. The fourth-order valence-corrected chi connectivity index (χ4v) is 2.59. The number of likely N-dealkylation sites (N-methyl/N-ethyl adjacent to an activating group) is 1. The van der Waals surface area contributed by atoms with Crippen LogP contribution in [0.4, 0.5) is 4.79 Å². The molecule has 1 atom stereocenters. The Bertz CT molecular complexity index is 496. The van der Waals surface area contributed by atoms with Crippen molar-refractivity contribution in [3.63, 3.8) is 0 Å². The standard InChI is InChI=1S/C14H19N5O/c1-17-7-9-18(10-8-17)14(20)19-13(4-6-16-19)12-3-2-5-15-11-12/h2-3,5-6,11,13H,4,7-10H2,1H3. The summed E-state index contributed by atoms with van der Waals surface area (Å²) in [7, 11) is 2.08. The van der Waals surface area contributed by atoms with Gasteiger partial charge in [0.15, 0.2) is 0 Å². The number of carbonyl (C=O) groups is 1. The number of hydrogen-bond acceptors (Lipinski definition) is 4. The van der Waals surface area contributed by atoms with E-state index in [1.807, 2.05) is 29.4 Å². The molecule has 0 radical (unpaired) electrons. The zero-order valence-electron chi connectivity index (χ0n) is 11.6. The average Bonchev–Trinajstić information content (AvgIpc) is 2.97. The van der Waals surface area contributed by atoms with Crippen molar-refractivity contribution < 1.29 is 4.79 Å². The van der Waals surface area contributed by atoms with Crippen LogP contribution < -0.4 is 0 Å². The smallest absolute Gasteiger partial charge is 0.321 e. The first-order valence-corrected chi connectivity index (χ1v) is 6.95. The Morgan fingerprint density at radius 1 is 1.30 bits per heavy atom. The second kappa shape index (κ2) is 5.58. The lowest BCUT2D eigenvalue weighted by Gasteiger charge is -2.35. The van der Waals surface area contributed by atoms with Gasteiger partial charge in [-0.3, -0.25) is 4.98 Å². The first-order valence-electron chi connectivity index (χ1n) is 6.95. The molecular weight excluding hydrogens is 254 g/mol. The highest BCUT2D eigenvalue weighted by Gasteiger charge is 2.32. The molecule has 1 unspecified atom stereocenters. The Kier molecular flexibility index (Phi) is 3.64. The first kappa shape index (κ1) is 13.1. The lowest BCUT2D eigenvalue weighted by atomic mass is 10.1. The van der Waals surface area contributed by atoms with Crippen molar-refractivity contribution in [1.82, 2.24) is 19.8 Å². The number of urea groups is 1. The van der Waals surface area contributed by atoms with Gasteiger partial charge in [0.1, 0.15) is 0 Å². The lowest BCUT2D eigenvalue weighted by molar-refractivity contribution is 0.114. The molecule has 106 valence electrons. The van der Waals surface area contributed by atoms with Crippen molar-refractivity contribution in [2.75, 3.05) is 33.2 Å². The molecule has 2 amide bonds. The molecule has 3 heterocycles. The fraction of sp³-hybridized carbons (Fsp3) is 0.500. The summed E-state index contributed by atoms with van der Waals surface area (Å²) in [6, 6.07) is 3.87. The van der Waals surface area contributed by atoms with E-state index < -0.39 is 0 Å². The van der Waals surface area contributed by atoms with Crippen LogP contribution in [0.2, 0.25) is 0 Å². The van der Waals surface area contributed by atoms with Gasteiger partial charge in [0.2, 0.25) is 0 Å². The maximum atomic E-state index is 12.6. The van der Waals surface area contributed by atoms with Crippen molar-refractivity contribution in [2.24, 2.45) is 5.10 Å². The van der Waals surface area contributed by atoms with E-state index in [9.17, 15) is 4.79 Å². The maximum Gasteiger partial charge on any atom is 0.341 e. The molecule has 1 fully saturated rings. The fourth-order valence-electron chi connectivity index (χ4n) is 2.59. The molecule has 6 heteroatoms. The van der Waals surface area contributed by atoms with E-state index in [1.165, 1.54) is 0 Å². The summed E-state index contributed by atoms with van der Waals surface area (Å²) in [5.74, 6) is 0. The van der Waals surface area contributed by atoms with Crippen LogP contribution in [0.25, 0.3) is 0 Å². The predicted octanol–water partition coefficient (Wildman–Crippen LogP) is 1.18. The molecule has 3 rings (SSSR count). The van der Waals surface area contributed by atoms with Gasteiger partial charge in [-0.2, -0.15) is 5.10 Å². The summed E-state index contributed by atoms with van der Waals surface area (Å²) in [4.78, 5) is 20.8. The van der Waals surface area contributed by atoms with E-state index in [2.05, 4.69) is 22.0 Å². The second-order valence-electron chi connectivity index (χ2n) is 5.25. The van der Waals surface area contributed by atoms with Gasteiger partial charge >= 0.3 is 6.03 Å². The van der Waals surface area contributed by atoms with Gasteiger partial charge in [-0.15, -0.1) is 0 Å². The highest BCUT2D eigenvalue weighted by atomic mass is 16.2. The van der Waals surface area contributed by atoms with Gasteiger partial charge in [0, 0.05) is 51.2 Å². The monoisotopic (exact) mass is 273 g/mol. The number of carbonyl (C=O) groups excluding carboxylic acids is 1. The molecule has 0 N–H and O–H groups in total. The zero-order chi connectivity index (χ0) is 13.9. The highest BCUT2D eigenvalue weighted by Crippen LogP contribution is 2.28. The number of hydrazone groups is 1. The number of piperazine rings is 1. The summed E-state index contributed by atoms with van der Waals surface area (Å²) in [5, 5.41) is 5.86. The Balaban J connectivity index is 1.72. The van der Waals surface area contributed by atoms with Gasteiger partial charge in [0.25, 0.3) is 0 Å². The summed E-state index contributed by atoms with van der Waals surface area (Å²) in [6.45, 7) is 3.37. The van der Waals surface area contributed by atoms with Crippen molar-refractivity contribution in [1.29, 1.82) is 0 Å². The SMILES string of the molecule is CN1CCN(C(=O)N2N=CCC2c2cccnc2)CC1. The minimum absolute atomic E-state index is 0.000651. The number of aromatic nitrogens is 1. The van der Waals surface area contributed by atoms with Crippen LogP contribution in [0.3, 0.4) is 0 Å². The average molecular weight is 273 g/mol. The van der Waals surface area contributed by atoms with Crippen LogP contribution in [0, 0.1) is 0 Å². The Morgan fingerprint density at radius 2 is 2.10 bits per heavy atom. The quantitative estimate of drug-likeness (QED) is 0.772. The molecule has 2 aliphatic rings. The van der Waals surface area contributed by atoms with Crippen molar-refractivity contribution in [2.45, 2.75) is 12.5 Å². The molecule has 1 saturated heterocycles. The van der Waals surface area contributed by atoms with Crippen LogP contribution in [0.15, 0.2) is 29.6 Å². The Morgan fingerprint density at radius 3 is 2.80 bits per heavy atom. The molecule has 0 spiro atoms. The van der Waals surface area contributed by atoms with Crippen molar-refractivity contribution >= 4 is 12.2 Å². The summed E-state index contributed by atoms with van der Waals surface area (Å²) in [5.41, 5.74) is 1.03. The highest BCUT2D eigenvalue weighted by molar-refractivity contribution is 5.78. The first-order chi connectivity index (χ1) is 9.75. The molecule has 0 aliphatic carbocycles. The number of pyridine rings is 1. The maximum absolute atomic E-state index is 12.6. The van der Waals surface area contributed by atoms with Gasteiger partial charge in [-0.1, -0.05) is 6.07 Å². The minimum atomic E-state index is -0.0177. The van der Waals surface area contributed by atoms with E-state index >= 15 is 0 Å². The topological polar surface area (TPSA) is 52.0 Å². The third-order valence-electron chi connectivity index (χ3n) is 3.87. The Labute approximate surface area is 118 Å². The van der Waals surface area contributed by atoms with Gasteiger partial charge in [-0.05, 0) is 18.7 Å². The lowest BCUT2D eigenvalue weighted by Crippen LogP contribution is -2.50. The molecule has 0 bridgehead atoms. The molecular formula is C14H19N5O. The number of rotatable bonds is 1. The van der Waals surface area contributed by atoms with Gasteiger partial charge < -0.3 is 9.80 Å². The van der Waals surface area contributed by atoms with Crippen LogP contribution >= 0.6 is 0 Å². The van der Waals surface area contributed by atoms with Crippen LogP contribution in [0.5, 0.6) is 0 Å². The number of nitrogens with zero attached hydrogens (tertiary/aromatic N) is 5. The molecule has 1 aromatic rings. The largest absolute Gasteiger partial charge is 0.341 e.